The van der Waals surface area contributed by atoms with Gasteiger partial charge < -0.3 is 10.5 Å². The lowest BCUT2D eigenvalue weighted by Gasteiger charge is -2.23. The molecule has 0 aromatic heterocycles. The maximum atomic E-state index is 12.5. The number of likely N-dealkylation sites (N-methyl/N-ethyl adjacent to an activating group) is 1. The molecule has 0 radical (unpaired) electrons. The van der Waals surface area contributed by atoms with E-state index in [9.17, 15) is 18.5 Å². The van der Waals surface area contributed by atoms with E-state index in [1.807, 2.05) is 0 Å². The van der Waals surface area contributed by atoms with Gasteiger partial charge in [0, 0.05) is 31.8 Å². The number of hydrogen-bond acceptors (Lipinski definition) is 6. The van der Waals surface area contributed by atoms with Crippen molar-refractivity contribution in [3.8, 4) is 5.75 Å². The fourth-order valence-corrected chi connectivity index (χ4v) is 3.07. The van der Waals surface area contributed by atoms with Crippen LogP contribution >= 0.6 is 0 Å². The number of rotatable bonds is 6. The highest BCUT2D eigenvalue weighted by molar-refractivity contribution is 7.89. The van der Waals surface area contributed by atoms with Crippen molar-refractivity contribution in [1.82, 2.24) is 4.31 Å². The molecule has 1 rings (SSSR count). The number of ether oxygens (including phenoxy) is 1. The molecule has 0 amide bonds. The summed E-state index contributed by atoms with van der Waals surface area (Å²) >= 11 is 0. The van der Waals surface area contributed by atoms with Crippen molar-refractivity contribution in [2.75, 3.05) is 20.7 Å². The van der Waals surface area contributed by atoms with Crippen LogP contribution in [-0.2, 0) is 10.0 Å². The van der Waals surface area contributed by atoms with E-state index >= 15 is 0 Å². The molecule has 0 fully saturated rings. The lowest BCUT2D eigenvalue weighted by Crippen LogP contribution is -2.39. The molecule has 0 aliphatic rings. The molecular weight excluding hydrogens is 286 g/mol. The highest BCUT2D eigenvalue weighted by atomic mass is 32.2. The normalized spacial score (nSPS) is 13.2. The third-order valence-electron chi connectivity index (χ3n) is 2.98. The summed E-state index contributed by atoms with van der Waals surface area (Å²) in [5.41, 5.74) is 5.13. The molecule has 0 heterocycles. The number of non-ortho nitro benzene ring substituents is 1. The van der Waals surface area contributed by atoms with E-state index in [1.165, 1.54) is 26.3 Å². The third-order valence-corrected chi connectivity index (χ3v) is 4.97. The molecule has 1 atom stereocenters. The maximum absolute atomic E-state index is 12.5. The second-order valence-electron chi connectivity index (χ2n) is 4.20. The molecule has 0 aliphatic heterocycles. The summed E-state index contributed by atoms with van der Waals surface area (Å²) in [5.74, 6) is 0.0478. The molecule has 0 spiro atoms. The smallest absolute Gasteiger partial charge is 0.271 e. The van der Waals surface area contributed by atoms with Crippen molar-refractivity contribution >= 4 is 15.7 Å². The SMILES string of the molecule is COc1ccc([N+](=O)[O-])cc1S(=O)(=O)N(C)C(C)CN. The summed E-state index contributed by atoms with van der Waals surface area (Å²) in [4.78, 5) is 9.86. The molecule has 1 aromatic carbocycles. The summed E-state index contributed by atoms with van der Waals surface area (Å²) in [6.45, 7) is 1.77. The van der Waals surface area contributed by atoms with Crippen molar-refractivity contribution in [3.05, 3.63) is 28.3 Å². The first-order valence-electron chi connectivity index (χ1n) is 5.76. The molecular formula is C11H17N3O5S. The van der Waals surface area contributed by atoms with Crippen LogP contribution in [0.4, 0.5) is 5.69 Å². The van der Waals surface area contributed by atoms with E-state index in [-0.39, 0.29) is 22.9 Å². The Morgan fingerprint density at radius 1 is 1.50 bits per heavy atom. The molecule has 0 saturated heterocycles. The quantitative estimate of drug-likeness (QED) is 0.606. The number of nitro groups is 1. The second-order valence-corrected chi connectivity index (χ2v) is 6.16. The van der Waals surface area contributed by atoms with E-state index in [0.717, 1.165) is 10.4 Å². The molecule has 112 valence electrons. The minimum atomic E-state index is -3.93. The van der Waals surface area contributed by atoms with Gasteiger partial charge in [0.1, 0.15) is 10.6 Å². The lowest BCUT2D eigenvalue weighted by molar-refractivity contribution is -0.385. The molecule has 2 N–H and O–H groups in total. The number of sulfonamides is 1. The first kappa shape index (κ1) is 16.3. The van der Waals surface area contributed by atoms with Crippen LogP contribution in [0.5, 0.6) is 5.75 Å². The number of hydrogen-bond donors (Lipinski definition) is 1. The van der Waals surface area contributed by atoms with Crippen LogP contribution in [0.2, 0.25) is 0 Å². The lowest BCUT2D eigenvalue weighted by atomic mass is 10.3. The van der Waals surface area contributed by atoms with Gasteiger partial charge in [-0.25, -0.2) is 8.42 Å². The molecule has 0 saturated carbocycles. The van der Waals surface area contributed by atoms with Crippen LogP contribution in [0, 0.1) is 10.1 Å². The average Bonchev–Trinajstić information content (AvgIpc) is 2.44. The Labute approximate surface area is 117 Å². The predicted molar refractivity (Wildman–Crippen MR) is 73.1 cm³/mol. The standard InChI is InChI=1S/C11H17N3O5S/c1-8(7-12)13(2)20(17,18)11-6-9(14(15)16)4-5-10(11)19-3/h4-6,8H,7,12H2,1-3H3. The van der Waals surface area contributed by atoms with E-state index in [0.29, 0.717) is 0 Å². The highest BCUT2D eigenvalue weighted by Gasteiger charge is 2.29. The minimum absolute atomic E-state index is 0.0478. The van der Waals surface area contributed by atoms with Crippen molar-refractivity contribution < 1.29 is 18.1 Å². The maximum Gasteiger partial charge on any atom is 0.271 e. The molecule has 20 heavy (non-hydrogen) atoms. The van der Waals surface area contributed by atoms with E-state index in [2.05, 4.69) is 0 Å². The Kier molecular flexibility index (Phi) is 5.03. The summed E-state index contributed by atoms with van der Waals surface area (Å²) < 4.78 is 30.9. The summed E-state index contributed by atoms with van der Waals surface area (Å²) in [6, 6.07) is 2.98. The van der Waals surface area contributed by atoms with Gasteiger partial charge in [-0.2, -0.15) is 4.31 Å². The van der Waals surface area contributed by atoms with Crippen molar-refractivity contribution in [2.45, 2.75) is 17.9 Å². The first-order chi connectivity index (χ1) is 9.25. The zero-order chi connectivity index (χ0) is 15.5. The Morgan fingerprint density at radius 2 is 2.10 bits per heavy atom. The predicted octanol–water partition coefficient (Wildman–Crippen LogP) is 0.571. The molecule has 8 nitrogen and oxygen atoms in total. The molecule has 0 aliphatic carbocycles. The van der Waals surface area contributed by atoms with Gasteiger partial charge in [-0.05, 0) is 13.0 Å². The second kappa shape index (κ2) is 6.16. The summed E-state index contributed by atoms with van der Waals surface area (Å²) in [5, 5.41) is 10.8. The van der Waals surface area contributed by atoms with Crippen LogP contribution in [0.3, 0.4) is 0 Å². The van der Waals surface area contributed by atoms with Gasteiger partial charge in [0.15, 0.2) is 0 Å². The van der Waals surface area contributed by atoms with Gasteiger partial charge in [0.05, 0.1) is 12.0 Å². The summed E-state index contributed by atoms with van der Waals surface area (Å²) in [7, 11) is -1.26. The fourth-order valence-electron chi connectivity index (χ4n) is 1.52. The molecule has 1 unspecified atom stereocenters. The average molecular weight is 303 g/mol. The third kappa shape index (κ3) is 3.06. The zero-order valence-electron chi connectivity index (χ0n) is 11.4. The Morgan fingerprint density at radius 3 is 2.55 bits per heavy atom. The Balaban J connectivity index is 3.42. The van der Waals surface area contributed by atoms with Crippen LogP contribution in [0.1, 0.15) is 6.92 Å². The van der Waals surface area contributed by atoms with Crippen molar-refractivity contribution in [1.29, 1.82) is 0 Å². The number of nitro benzene ring substituents is 1. The fraction of sp³-hybridized carbons (Fsp3) is 0.455. The first-order valence-corrected chi connectivity index (χ1v) is 7.20. The van der Waals surface area contributed by atoms with Gasteiger partial charge in [-0.15, -0.1) is 0 Å². The van der Waals surface area contributed by atoms with Crippen LogP contribution in [-0.4, -0.2) is 44.4 Å². The number of nitrogens with two attached hydrogens (primary N) is 1. The van der Waals surface area contributed by atoms with Gasteiger partial charge in [0.2, 0.25) is 10.0 Å². The Bertz CT molecular complexity index is 602. The van der Waals surface area contributed by atoms with Crippen LogP contribution < -0.4 is 10.5 Å². The van der Waals surface area contributed by atoms with Gasteiger partial charge in [-0.3, -0.25) is 10.1 Å². The molecule has 0 bridgehead atoms. The number of methoxy groups -OCH3 is 1. The Hall–Kier alpha value is -1.71. The van der Waals surface area contributed by atoms with Gasteiger partial charge >= 0.3 is 0 Å². The van der Waals surface area contributed by atoms with E-state index in [4.69, 9.17) is 10.5 Å². The zero-order valence-corrected chi connectivity index (χ0v) is 12.3. The summed E-state index contributed by atoms with van der Waals surface area (Å²) in [6.07, 6.45) is 0. The number of nitrogens with zero attached hydrogens (tertiary/aromatic N) is 2. The van der Waals surface area contributed by atoms with E-state index in [1.54, 1.807) is 6.92 Å². The molecule has 1 aromatic rings. The van der Waals surface area contributed by atoms with Crippen molar-refractivity contribution in [3.63, 3.8) is 0 Å². The largest absolute Gasteiger partial charge is 0.495 e. The van der Waals surface area contributed by atoms with Gasteiger partial charge in [0.25, 0.3) is 5.69 Å². The topological polar surface area (TPSA) is 116 Å². The van der Waals surface area contributed by atoms with Crippen LogP contribution in [0.15, 0.2) is 23.1 Å². The van der Waals surface area contributed by atoms with Gasteiger partial charge in [-0.1, -0.05) is 0 Å². The van der Waals surface area contributed by atoms with E-state index < -0.39 is 21.0 Å². The monoisotopic (exact) mass is 303 g/mol. The van der Waals surface area contributed by atoms with Crippen LogP contribution in [0.25, 0.3) is 0 Å². The minimum Gasteiger partial charge on any atom is -0.495 e. The van der Waals surface area contributed by atoms with Crippen molar-refractivity contribution in [2.24, 2.45) is 5.73 Å². The highest BCUT2D eigenvalue weighted by Crippen LogP contribution is 2.30. The molecule has 9 heteroatoms. The number of benzene rings is 1.